The average molecular weight is 268 g/mol. The standard InChI is InChI=1S/C12H20N4O3/c1-3-13-10-4-12(15-11(14-10)7-19-2)16-5-8(17)9(18)6-16/h4,8-9,17-18H,3,5-7H2,1-2H3,(H,13,14,15). The van der Waals surface area contributed by atoms with Crippen LogP contribution in [0.4, 0.5) is 11.6 Å². The molecule has 0 aliphatic carbocycles. The van der Waals surface area contributed by atoms with Gasteiger partial charge in [-0.25, -0.2) is 9.97 Å². The van der Waals surface area contributed by atoms with E-state index in [-0.39, 0.29) is 0 Å². The van der Waals surface area contributed by atoms with Gasteiger partial charge < -0.3 is 25.2 Å². The average Bonchev–Trinajstić information content (AvgIpc) is 2.70. The fourth-order valence-corrected chi connectivity index (χ4v) is 2.07. The molecule has 1 aliphatic heterocycles. The maximum atomic E-state index is 9.60. The largest absolute Gasteiger partial charge is 0.389 e. The second kappa shape index (κ2) is 6.14. The van der Waals surface area contributed by atoms with Crippen LogP contribution in [-0.2, 0) is 11.3 Å². The number of rotatable bonds is 5. The summed E-state index contributed by atoms with van der Waals surface area (Å²) in [5.74, 6) is 1.98. The summed E-state index contributed by atoms with van der Waals surface area (Å²) in [5.41, 5.74) is 0. The molecule has 106 valence electrons. The van der Waals surface area contributed by atoms with E-state index in [1.807, 2.05) is 17.9 Å². The zero-order valence-corrected chi connectivity index (χ0v) is 11.2. The Balaban J connectivity index is 2.23. The Hall–Kier alpha value is -1.44. The highest BCUT2D eigenvalue weighted by molar-refractivity contribution is 5.50. The first-order valence-corrected chi connectivity index (χ1v) is 6.36. The minimum absolute atomic E-state index is 0.325. The van der Waals surface area contributed by atoms with E-state index >= 15 is 0 Å². The highest BCUT2D eigenvalue weighted by atomic mass is 16.5. The fraction of sp³-hybridized carbons (Fsp3) is 0.667. The molecule has 2 heterocycles. The highest BCUT2D eigenvalue weighted by Crippen LogP contribution is 2.21. The molecule has 2 atom stereocenters. The van der Waals surface area contributed by atoms with Crippen LogP contribution in [0.5, 0.6) is 0 Å². The fourth-order valence-electron chi connectivity index (χ4n) is 2.07. The van der Waals surface area contributed by atoms with Crippen molar-refractivity contribution < 1.29 is 14.9 Å². The van der Waals surface area contributed by atoms with Crippen LogP contribution in [0, 0.1) is 0 Å². The van der Waals surface area contributed by atoms with E-state index in [0.29, 0.717) is 31.3 Å². The maximum absolute atomic E-state index is 9.60. The molecular weight excluding hydrogens is 248 g/mol. The molecule has 0 bridgehead atoms. The Bertz CT molecular complexity index is 395. The van der Waals surface area contributed by atoms with Crippen LogP contribution < -0.4 is 10.2 Å². The number of aliphatic hydroxyl groups excluding tert-OH is 2. The van der Waals surface area contributed by atoms with Crippen LogP contribution in [0.1, 0.15) is 12.7 Å². The minimum atomic E-state index is -0.733. The van der Waals surface area contributed by atoms with E-state index in [9.17, 15) is 10.2 Å². The van der Waals surface area contributed by atoms with Gasteiger partial charge in [-0.2, -0.15) is 0 Å². The van der Waals surface area contributed by atoms with Crippen LogP contribution >= 0.6 is 0 Å². The number of β-amino-alcohol motifs (C(OH)–C–C–N with tert-alkyl or cyclic N) is 2. The summed E-state index contributed by atoms with van der Waals surface area (Å²) in [5, 5.41) is 22.3. The Morgan fingerprint density at radius 2 is 2.05 bits per heavy atom. The summed E-state index contributed by atoms with van der Waals surface area (Å²) in [4.78, 5) is 10.6. The van der Waals surface area contributed by atoms with Crippen molar-refractivity contribution in [1.82, 2.24) is 9.97 Å². The lowest BCUT2D eigenvalue weighted by atomic mass is 10.3. The van der Waals surface area contributed by atoms with Gasteiger partial charge in [0.15, 0.2) is 5.82 Å². The normalized spacial score (nSPS) is 22.8. The Kier molecular flexibility index (Phi) is 4.52. The highest BCUT2D eigenvalue weighted by Gasteiger charge is 2.30. The van der Waals surface area contributed by atoms with Gasteiger partial charge >= 0.3 is 0 Å². The van der Waals surface area contributed by atoms with E-state index < -0.39 is 12.2 Å². The van der Waals surface area contributed by atoms with Gasteiger partial charge in [-0.15, -0.1) is 0 Å². The molecule has 0 amide bonds. The van der Waals surface area contributed by atoms with Gasteiger partial charge in [0.1, 0.15) is 18.2 Å². The Morgan fingerprint density at radius 1 is 1.37 bits per heavy atom. The van der Waals surface area contributed by atoms with Crippen LogP contribution in [0.15, 0.2) is 6.07 Å². The van der Waals surface area contributed by atoms with E-state index in [2.05, 4.69) is 15.3 Å². The number of nitrogens with zero attached hydrogens (tertiary/aromatic N) is 3. The second-order valence-corrected chi connectivity index (χ2v) is 4.53. The molecule has 7 heteroatoms. The van der Waals surface area contributed by atoms with Gasteiger partial charge in [-0.3, -0.25) is 0 Å². The van der Waals surface area contributed by atoms with Crippen molar-refractivity contribution in [2.45, 2.75) is 25.7 Å². The Labute approximate surface area is 112 Å². The third-order valence-corrected chi connectivity index (χ3v) is 2.97. The van der Waals surface area contributed by atoms with E-state index in [1.54, 1.807) is 7.11 Å². The number of aromatic nitrogens is 2. The monoisotopic (exact) mass is 268 g/mol. The lowest BCUT2D eigenvalue weighted by Gasteiger charge is -2.18. The van der Waals surface area contributed by atoms with Crippen molar-refractivity contribution in [3.8, 4) is 0 Å². The summed E-state index contributed by atoms with van der Waals surface area (Å²) in [6.45, 7) is 3.81. The van der Waals surface area contributed by atoms with Crippen molar-refractivity contribution >= 4 is 11.6 Å². The molecule has 1 aromatic heterocycles. The molecule has 1 aliphatic rings. The zero-order chi connectivity index (χ0) is 13.8. The summed E-state index contributed by atoms with van der Waals surface area (Å²) in [6.07, 6.45) is -1.47. The Morgan fingerprint density at radius 3 is 2.63 bits per heavy atom. The van der Waals surface area contributed by atoms with Gasteiger partial charge in [0.2, 0.25) is 0 Å². The summed E-state index contributed by atoms with van der Waals surface area (Å²) >= 11 is 0. The number of anilines is 2. The van der Waals surface area contributed by atoms with Crippen LogP contribution in [0.2, 0.25) is 0 Å². The van der Waals surface area contributed by atoms with Crippen LogP contribution in [0.3, 0.4) is 0 Å². The lowest BCUT2D eigenvalue weighted by Crippen LogP contribution is -2.23. The molecule has 1 saturated heterocycles. The SMILES string of the molecule is CCNc1cc(N2CC(O)C(O)C2)nc(COC)n1. The van der Waals surface area contributed by atoms with Crippen LogP contribution in [-0.4, -0.2) is 59.1 Å². The van der Waals surface area contributed by atoms with Gasteiger partial charge in [-0.05, 0) is 6.92 Å². The van der Waals surface area contributed by atoms with Crippen molar-refractivity contribution in [1.29, 1.82) is 0 Å². The third-order valence-electron chi connectivity index (χ3n) is 2.97. The van der Waals surface area contributed by atoms with Gasteiger partial charge in [0.25, 0.3) is 0 Å². The van der Waals surface area contributed by atoms with Gasteiger partial charge in [-0.1, -0.05) is 0 Å². The summed E-state index contributed by atoms with van der Waals surface area (Å²) in [6, 6.07) is 1.81. The van der Waals surface area contributed by atoms with Gasteiger partial charge in [0, 0.05) is 32.8 Å². The number of aliphatic hydroxyl groups is 2. The molecule has 2 rings (SSSR count). The first-order chi connectivity index (χ1) is 9.13. The molecule has 0 saturated carbocycles. The van der Waals surface area contributed by atoms with Crippen molar-refractivity contribution in [2.24, 2.45) is 0 Å². The number of hydrogen-bond acceptors (Lipinski definition) is 7. The lowest BCUT2D eigenvalue weighted by molar-refractivity contribution is 0.0572. The van der Waals surface area contributed by atoms with E-state index in [1.165, 1.54) is 0 Å². The predicted octanol–water partition coefficient (Wildman–Crippen LogP) is -0.403. The van der Waals surface area contributed by atoms with Crippen LogP contribution in [0.25, 0.3) is 0 Å². The van der Waals surface area contributed by atoms with Gasteiger partial charge in [0.05, 0.1) is 12.2 Å². The zero-order valence-electron chi connectivity index (χ0n) is 11.2. The number of nitrogens with one attached hydrogen (secondary N) is 1. The molecule has 7 nitrogen and oxygen atoms in total. The molecule has 2 unspecified atom stereocenters. The number of methoxy groups -OCH3 is 1. The molecule has 0 aromatic carbocycles. The minimum Gasteiger partial charge on any atom is -0.389 e. The second-order valence-electron chi connectivity index (χ2n) is 4.53. The van der Waals surface area contributed by atoms with Crippen molar-refractivity contribution in [3.63, 3.8) is 0 Å². The molecule has 3 N–H and O–H groups in total. The number of hydrogen-bond donors (Lipinski definition) is 3. The molecule has 1 fully saturated rings. The topological polar surface area (TPSA) is 90.7 Å². The molecule has 19 heavy (non-hydrogen) atoms. The molecule has 1 aromatic rings. The van der Waals surface area contributed by atoms with Crippen molar-refractivity contribution in [3.05, 3.63) is 11.9 Å². The smallest absolute Gasteiger partial charge is 0.158 e. The first kappa shape index (κ1) is 14.0. The first-order valence-electron chi connectivity index (χ1n) is 6.36. The quantitative estimate of drug-likeness (QED) is 0.669. The third kappa shape index (κ3) is 3.31. The number of ether oxygens (including phenoxy) is 1. The maximum Gasteiger partial charge on any atom is 0.158 e. The van der Waals surface area contributed by atoms with E-state index in [4.69, 9.17) is 4.74 Å². The summed E-state index contributed by atoms with van der Waals surface area (Å²) in [7, 11) is 1.59. The van der Waals surface area contributed by atoms with Crippen molar-refractivity contribution in [2.75, 3.05) is 37.0 Å². The predicted molar refractivity (Wildman–Crippen MR) is 71.1 cm³/mol. The molecule has 0 radical (unpaired) electrons. The van der Waals surface area contributed by atoms with E-state index in [0.717, 1.165) is 12.4 Å². The molecular formula is C12H20N4O3. The molecule has 0 spiro atoms. The summed E-state index contributed by atoms with van der Waals surface area (Å²) < 4.78 is 5.05.